The first-order valence-electron chi connectivity index (χ1n) is 8.97. The average molecular weight is 360 g/mol. The third-order valence-corrected chi connectivity index (χ3v) is 4.78. The lowest BCUT2D eigenvalue weighted by Gasteiger charge is -2.13. The normalized spacial score (nSPS) is 10.7. The maximum absolute atomic E-state index is 12.7. The van der Waals surface area contributed by atoms with E-state index in [9.17, 15) is 9.59 Å². The summed E-state index contributed by atoms with van der Waals surface area (Å²) in [5, 5.41) is 2.68. The van der Waals surface area contributed by atoms with Crippen LogP contribution in [0.3, 0.4) is 0 Å². The Labute approximate surface area is 159 Å². The molecule has 4 heteroatoms. The molecule has 27 heavy (non-hydrogen) atoms. The highest BCUT2D eigenvalue weighted by Gasteiger charge is 2.23. The third-order valence-electron chi connectivity index (χ3n) is 4.78. The summed E-state index contributed by atoms with van der Waals surface area (Å²) in [5.74, 6) is -1.15. The maximum Gasteiger partial charge on any atom is 0.296 e. The average Bonchev–Trinajstić information content (AvgIpc) is 2.91. The summed E-state index contributed by atoms with van der Waals surface area (Å²) in [4.78, 5) is 25.2. The highest BCUT2D eigenvalue weighted by molar-refractivity contribution is 6.46. The molecule has 0 aliphatic rings. The lowest BCUT2D eigenvalue weighted by molar-refractivity contribution is -0.112. The van der Waals surface area contributed by atoms with Crippen LogP contribution >= 0.6 is 0 Å². The van der Waals surface area contributed by atoms with Gasteiger partial charge in [-0.3, -0.25) is 9.59 Å². The number of anilines is 1. The number of rotatable bonds is 4. The summed E-state index contributed by atoms with van der Waals surface area (Å²) < 4.78 is 2.03. The second-order valence-corrected chi connectivity index (χ2v) is 7.06. The van der Waals surface area contributed by atoms with E-state index in [1.807, 2.05) is 56.5 Å². The molecule has 138 valence electrons. The summed E-state index contributed by atoms with van der Waals surface area (Å²) in [6.07, 6.45) is 0. The number of aryl methyl sites for hydroxylation is 4. The predicted octanol–water partition coefficient (Wildman–Crippen LogP) is 4.84. The minimum absolute atomic E-state index is 0.428. The Kier molecular flexibility index (Phi) is 5.00. The van der Waals surface area contributed by atoms with Crippen molar-refractivity contribution in [1.82, 2.24) is 4.57 Å². The van der Waals surface area contributed by atoms with Crippen LogP contribution in [0.2, 0.25) is 0 Å². The van der Waals surface area contributed by atoms with Gasteiger partial charge in [0.05, 0.1) is 0 Å². The van der Waals surface area contributed by atoms with E-state index >= 15 is 0 Å². The molecule has 1 aromatic heterocycles. The smallest absolute Gasteiger partial charge is 0.296 e. The zero-order chi connectivity index (χ0) is 19.7. The molecule has 2 aromatic carbocycles. The van der Waals surface area contributed by atoms with Gasteiger partial charge in [-0.2, -0.15) is 0 Å². The standard InChI is InChI=1S/C23H24N2O2/c1-14-6-9-19(10-7-14)24-23(27)22(26)20-13-17(4)25(18(20)5)21-11-8-15(2)12-16(21)3/h6-13H,1-5H3,(H,24,27). The van der Waals surface area contributed by atoms with Crippen molar-refractivity contribution in [3.63, 3.8) is 0 Å². The number of nitrogens with zero attached hydrogens (tertiary/aromatic N) is 1. The number of ketones is 1. The number of hydrogen-bond acceptors (Lipinski definition) is 2. The molecule has 1 N–H and O–H groups in total. The summed E-state index contributed by atoms with van der Waals surface area (Å²) in [6, 6.07) is 15.4. The van der Waals surface area contributed by atoms with Crippen molar-refractivity contribution < 1.29 is 9.59 Å². The van der Waals surface area contributed by atoms with Crippen LogP contribution in [0.5, 0.6) is 0 Å². The van der Waals surface area contributed by atoms with E-state index in [0.717, 1.165) is 28.2 Å². The number of aromatic nitrogens is 1. The Morgan fingerprint density at radius 2 is 1.44 bits per heavy atom. The summed E-state index contributed by atoms with van der Waals surface area (Å²) in [7, 11) is 0. The van der Waals surface area contributed by atoms with E-state index in [1.165, 1.54) is 5.56 Å². The van der Waals surface area contributed by atoms with Crippen LogP contribution in [0.1, 0.15) is 38.4 Å². The van der Waals surface area contributed by atoms with Crippen LogP contribution in [-0.4, -0.2) is 16.3 Å². The van der Waals surface area contributed by atoms with Gasteiger partial charge in [0, 0.05) is 28.3 Å². The van der Waals surface area contributed by atoms with E-state index in [4.69, 9.17) is 0 Å². The zero-order valence-electron chi connectivity index (χ0n) is 16.4. The van der Waals surface area contributed by atoms with Gasteiger partial charge < -0.3 is 9.88 Å². The molecule has 1 heterocycles. The van der Waals surface area contributed by atoms with Crippen LogP contribution in [-0.2, 0) is 4.79 Å². The van der Waals surface area contributed by atoms with Crippen molar-refractivity contribution in [3.8, 4) is 5.69 Å². The molecule has 0 aliphatic heterocycles. The third kappa shape index (κ3) is 3.70. The molecule has 4 nitrogen and oxygen atoms in total. The molecule has 0 aliphatic carbocycles. The van der Waals surface area contributed by atoms with Gasteiger partial charge in [0.15, 0.2) is 0 Å². The zero-order valence-corrected chi connectivity index (χ0v) is 16.4. The molecule has 0 spiro atoms. The van der Waals surface area contributed by atoms with Gasteiger partial charge in [0.1, 0.15) is 0 Å². The van der Waals surface area contributed by atoms with Gasteiger partial charge in [0.25, 0.3) is 11.7 Å². The van der Waals surface area contributed by atoms with Crippen LogP contribution in [0.15, 0.2) is 48.5 Å². The van der Waals surface area contributed by atoms with E-state index in [1.54, 1.807) is 18.2 Å². The van der Waals surface area contributed by atoms with Crippen molar-refractivity contribution in [2.45, 2.75) is 34.6 Å². The van der Waals surface area contributed by atoms with Gasteiger partial charge in [-0.15, -0.1) is 0 Å². The molecule has 1 amide bonds. The van der Waals surface area contributed by atoms with Gasteiger partial charge >= 0.3 is 0 Å². The fourth-order valence-electron chi connectivity index (χ4n) is 3.37. The van der Waals surface area contributed by atoms with Gasteiger partial charge in [-0.25, -0.2) is 0 Å². The van der Waals surface area contributed by atoms with Crippen molar-refractivity contribution in [1.29, 1.82) is 0 Å². The number of Topliss-reactive ketones (excluding diaryl/α,β-unsaturated/α-hetero) is 1. The van der Waals surface area contributed by atoms with Crippen molar-refractivity contribution in [2.24, 2.45) is 0 Å². The van der Waals surface area contributed by atoms with Crippen LogP contribution in [0.25, 0.3) is 5.69 Å². The fraction of sp³-hybridized carbons (Fsp3) is 0.217. The number of nitrogens with one attached hydrogen (secondary N) is 1. The Morgan fingerprint density at radius 3 is 2.07 bits per heavy atom. The lowest BCUT2D eigenvalue weighted by Crippen LogP contribution is -2.23. The number of amides is 1. The molecule has 0 radical (unpaired) electrons. The molecule has 0 saturated carbocycles. The highest BCUT2D eigenvalue weighted by atomic mass is 16.2. The number of hydrogen-bond donors (Lipinski definition) is 1. The second-order valence-electron chi connectivity index (χ2n) is 7.06. The second kappa shape index (κ2) is 7.23. The molecule has 3 aromatic rings. The molecule has 0 atom stereocenters. The Morgan fingerprint density at radius 1 is 0.815 bits per heavy atom. The summed E-state index contributed by atoms with van der Waals surface area (Å²) in [6.45, 7) is 9.89. The molecular formula is C23H24N2O2. The Bertz CT molecular complexity index is 1030. The first-order chi connectivity index (χ1) is 12.8. The first-order valence-corrected chi connectivity index (χ1v) is 8.97. The minimum Gasteiger partial charge on any atom is -0.319 e. The van der Waals surface area contributed by atoms with Crippen molar-refractivity contribution in [3.05, 3.63) is 82.2 Å². The molecule has 3 rings (SSSR count). The van der Waals surface area contributed by atoms with Crippen LogP contribution in [0.4, 0.5) is 5.69 Å². The van der Waals surface area contributed by atoms with E-state index in [0.29, 0.717) is 11.3 Å². The summed E-state index contributed by atoms with van der Waals surface area (Å²) in [5.41, 5.74) is 7.16. The summed E-state index contributed by atoms with van der Waals surface area (Å²) >= 11 is 0. The number of carbonyl (C=O) groups excluding carboxylic acids is 2. The SMILES string of the molecule is Cc1ccc(NC(=O)C(=O)c2cc(C)n(-c3ccc(C)cc3C)c2C)cc1. The van der Waals surface area contributed by atoms with Crippen molar-refractivity contribution >= 4 is 17.4 Å². The fourth-order valence-corrected chi connectivity index (χ4v) is 3.37. The highest BCUT2D eigenvalue weighted by Crippen LogP contribution is 2.24. The Balaban J connectivity index is 1.92. The number of benzene rings is 2. The first kappa shape index (κ1) is 18.6. The van der Waals surface area contributed by atoms with E-state index in [-0.39, 0.29) is 0 Å². The molecule has 0 unspecified atom stereocenters. The Hall–Kier alpha value is -3.14. The monoisotopic (exact) mass is 360 g/mol. The lowest BCUT2D eigenvalue weighted by atomic mass is 10.1. The quantitative estimate of drug-likeness (QED) is 0.534. The largest absolute Gasteiger partial charge is 0.319 e. The van der Waals surface area contributed by atoms with E-state index < -0.39 is 11.7 Å². The number of carbonyl (C=O) groups is 2. The maximum atomic E-state index is 12.7. The van der Waals surface area contributed by atoms with Crippen LogP contribution < -0.4 is 5.32 Å². The van der Waals surface area contributed by atoms with E-state index in [2.05, 4.69) is 18.3 Å². The predicted molar refractivity (Wildman–Crippen MR) is 109 cm³/mol. The minimum atomic E-state index is -0.625. The molecule has 0 bridgehead atoms. The topological polar surface area (TPSA) is 51.1 Å². The van der Waals surface area contributed by atoms with Crippen LogP contribution in [0, 0.1) is 34.6 Å². The molecule has 0 fully saturated rings. The molecule has 0 saturated heterocycles. The van der Waals surface area contributed by atoms with Gasteiger partial charge in [0.2, 0.25) is 0 Å². The molecular weight excluding hydrogens is 336 g/mol. The van der Waals surface area contributed by atoms with Gasteiger partial charge in [-0.1, -0.05) is 35.4 Å². The van der Waals surface area contributed by atoms with Gasteiger partial charge in [-0.05, 0) is 64.4 Å². The van der Waals surface area contributed by atoms with Crippen molar-refractivity contribution in [2.75, 3.05) is 5.32 Å².